The molecule has 0 aliphatic heterocycles. The van der Waals surface area contributed by atoms with Gasteiger partial charge in [-0.25, -0.2) is 0 Å². The van der Waals surface area contributed by atoms with Gasteiger partial charge in [0.2, 0.25) is 5.91 Å². The molecule has 1 aromatic carbocycles. The second-order valence-corrected chi connectivity index (χ2v) is 4.82. The Balaban J connectivity index is 1.93. The number of amides is 1. The lowest BCUT2D eigenvalue weighted by Gasteiger charge is -2.06. The molecule has 0 atom stereocenters. The number of aromatic nitrogens is 1. The summed E-state index contributed by atoms with van der Waals surface area (Å²) in [6, 6.07) is 11.0. The predicted octanol–water partition coefficient (Wildman–Crippen LogP) is 2.20. The number of carboxylic acid groups (broad SMARTS) is 1. The highest BCUT2D eigenvalue weighted by Gasteiger charge is 2.06. The summed E-state index contributed by atoms with van der Waals surface area (Å²) in [5.41, 5.74) is 3.10. The van der Waals surface area contributed by atoms with E-state index in [1.54, 1.807) is 12.1 Å². The number of benzene rings is 1. The Morgan fingerprint density at radius 2 is 1.81 bits per heavy atom. The van der Waals surface area contributed by atoms with Crippen LogP contribution >= 0.6 is 0 Å². The highest BCUT2D eigenvalue weighted by molar-refractivity contribution is 5.92. The second-order valence-electron chi connectivity index (χ2n) is 4.82. The van der Waals surface area contributed by atoms with Crippen LogP contribution < -0.4 is 5.32 Å². The van der Waals surface area contributed by atoms with Gasteiger partial charge in [-0.2, -0.15) is 0 Å². The number of hydrogen-bond donors (Lipinski definition) is 2. The number of hydrogen-bond acceptors (Lipinski definition) is 3. The molecule has 1 heterocycles. The Labute approximate surface area is 122 Å². The maximum absolute atomic E-state index is 11.9. The Morgan fingerprint density at radius 1 is 1.10 bits per heavy atom. The molecule has 2 rings (SSSR count). The topological polar surface area (TPSA) is 79.3 Å². The van der Waals surface area contributed by atoms with Crippen LogP contribution in [-0.4, -0.2) is 22.0 Å². The molecule has 0 aliphatic rings. The monoisotopic (exact) mass is 284 g/mol. The second kappa shape index (κ2) is 6.65. The molecule has 0 bridgehead atoms. The van der Waals surface area contributed by atoms with Crippen LogP contribution in [0.25, 0.3) is 0 Å². The maximum atomic E-state index is 11.9. The van der Waals surface area contributed by atoms with E-state index in [0.717, 1.165) is 11.1 Å². The van der Waals surface area contributed by atoms with Crippen LogP contribution in [0.3, 0.4) is 0 Å². The number of rotatable bonds is 5. The highest BCUT2D eigenvalue weighted by atomic mass is 16.4. The SMILES string of the molecule is Cc1ccc(CC(=O)Nc2ccc(CC(=O)O)nc2)cc1. The summed E-state index contributed by atoms with van der Waals surface area (Å²) in [5, 5.41) is 11.4. The zero-order valence-electron chi connectivity index (χ0n) is 11.7. The normalized spacial score (nSPS) is 10.1. The van der Waals surface area contributed by atoms with E-state index in [2.05, 4.69) is 10.3 Å². The van der Waals surface area contributed by atoms with Gasteiger partial charge in [-0.05, 0) is 24.6 Å². The molecule has 1 amide bonds. The number of anilines is 1. The first-order chi connectivity index (χ1) is 10.0. The minimum absolute atomic E-state index is 0.127. The van der Waals surface area contributed by atoms with Gasteiger partial charge in [0.15, 0.2) is 0 Å². The Bertz CT molecular complexity index is 634. The fourth-order valence-electron chi connectivity index (χ4n) is 1.85. The van der Waals surface area contributed by atoms with Crippen molar-refractivity contribution in [2.45, 2.75) is 19.8 Å². The van der Waals surface area contributed by atoms with Crippen LogP contribution in [0.1, 0.15) is 16.8 Å². The summed E-state index contributed by atoms with van der Waals surface area (Å²) in [4.78, 5) is 26.4. The van der Waals surface area contributed by atoms with Gasteiger partial charge in [0.25, 0.3) is 0 Å². The fourth-order valence-corrected chi connectivity index (χ4v) is 1.85. The summed E-state index contributed by atoms with van der Waals surface area (Å²) in [5.74, 6) is -1.06. The van der Waals surface area contributed by atoms with Crippen molar-refractivity contribution in [3.8, 4) is 0 Å². The number of aryl methyl sites for hydroxylation is 1. The van der Waals surface area contributed by atoms with Crippen molar-refractivity contribution in [1.82, 2.24) is 4.98 Å². The first-order valence-corrected chi connectivity index (χ1v) is 6.55. The van der Waals surface area contributed by atoms with Crippen LogP contribution in [0.2, 0.25) is 0 Å². The van der Waals surface area contributed by atoms with Crippen molar-refractivity contribution in [2.24, 2.45) is 0 Å². The first kappa shape index (κ1) is 14.7. The van der Waals surface area contributed by atoms with Crippen molar-refractivity contribution in [3.05, 3.63) is 59.4 Å². The van der Waals surface area contributed by atoms with Crippen LogP contribution in [-0.2, 0) is 22.4 Å². The lowest BCUT2D eigenvalue weighted by atomic mass is 10.1. The fraction of sp³-hybridized carbons (Fsp3) is 0.188. The lowest BCUT2D eigenvalue weighted by molar-refractivity contribution is -0.136. The van der Waals surface area contributed by atoms with Gasteiger partial charge in [0, 0.05) is 0 Å². The van der Waals surface area contributed by atoms with E-state index < -0.39 is 5.97 Å². The maximum Gasteiger partial charge on any atom is 0.309 e. The highest BCUT2D eigenvalue weighted by Crippen LogP contribution is 2.09. The molecule has 21 heavy (non-hydrogen) atoms. The summed E-state index contributed by atoms with van der Waals surface area (Å²) < 4.78 is 0. The van der Waals surface area contributed by atoms with Gasteiger partial charge in [-0.1, -0.05) is 29.8 Å². The Hall–Kier alpha value is -2.69. The zero-order chi connectivity index (χ0) is 15.2. The van der Waals surface area contributed by atoms with Crippen LogP contribution in [0.4, 0.5) is 5.69 Å². The third kappa shape index (κ3) is 4.72. The largest absolute Gasteiger partial charge is 0.481 e. The summed E-state index contributed by atoms with van der Waals surface area (Å²) >= 11 is 0. The van der Waals surface area contributed by atoms with Gasteiger partial charge >= 0.3 is 5.97 Å². The summed E-state index contributed by atoms with van der Waals surface area (Å²) in [6.07, 6.45) is 1.63. The van der Waals surface area contributed by atoms with E-state index in [1.165, 1.54) is 6.20 Å². The molecular weight excluding hydrogens is 268 g/mol. The molecule has 0 unspecified atom stereocenters. The number of carbonyl (C=O) groups is 2. The molecule has 0 aliphatic carbocycles. The van der Waals surface area contributed by atoms with Crippen LogP contribution in [0.15, 0.2) is 42.6 Å². The van der Waals surface area contributed by atoms with Gasteiger partial charge in [-0.3, -0.25) is 14.6 Å². The minimum atomic E-state index is -0.932. The summed E-state index contributed by atoms with van der Waals surface area (Å²) in [7, 11) is 0. The molecule has 0 fully saturated rings. The minimum Gasteiger partial charge on any atom is -0.481 e. The number of aliphatic carboxylic acids is 1. The molecule has 2 N–H and O–H groups in total. The van der Waals surface area contributed by atoms with Crippen molar-refractivity contribution < 1.29 is 14.7 Å². The molecular formula is C16H16N2O3. The molecule has 0 saturated carbocycles. The molecule has 2 aromatic rings. The van der Waals surface area contributed by atoms with Gasteiger partial charge in [-0.15, -0.1) is 0 Å². The third-order valence-corrected chi connectivity index (χ3v) is 2.93. The number of nitrogens with one attached hydrogen (secondary N) is 1. The van der Waals surface area contributed by atoms with E-state index in [9.17, 15) is 9.59 Å². The first-order valence-electron chi connectivity index (χ1n) is 6.55. The lowest BCUT2D eigenvalue weighted by Crippen LogP contribution is -2.14. The van der Waals surface area contributed by atoms with Crippen molar-refractivity contribution in [2.75, 3.05) is 5.32 Å². The van der Waals surface area contributed by atoms with Gasteiger partial charge < -0.3 is 10.4 Å². The number of pyridine rings is 1. The van der Waals surface area contributed by atoms with E-state index in [0.29, 0.717) is 11.4 Å². The third-order valence-electron chi connectivity index (χ3n) is 2.93. The van der Waals surface area contributed by atoms with E-state index in [4.69, 9.17) is 5.11 Å². The van der Waals surface area contributed by atoms with Crippen molar-refractivity contribution >= 4 is 17.6 Å². The smallest absolute Gasteiger partial charge is 0.309 e. The summed E-state index contributed by atoms with van der Waals surface area (Å²) in [6.45, 7) is 1.99. The standard InChI is InChI=1S/C16H16N2O3/c1-11-2-4-12(5-3-11)8-15(19)18-14-7-6-13(17-10-14)9-16(20)21/h2-7,10H,8-9H2,1H3,(H,18,19)(H,20,21). The molecule has 0 spiro atoms. The Kier molecular flexibility index (Phi) is 4.66. The molecule has 5 heteroatoms. The van der Waals surface area contributed by atoms with Crippen molar-refractivity contribution in [3.63, 3.8) is 0 Å². The Morgan fingerprint density at radius 3 is 2.38 bits per heavy atom. The average Bonchev–Trinajstić information content (AvgIpc) is 2.43. The average molecular weight is 284 g/mol. The molecule has 0 radical (unpaired) electrons. The van der Waals surface area contributed by atoms with Gasteiger partial charge in [0.05, 0.1) is 30.4 Å². The molecule has 108 valence electrons. The number of carbonyl (C=O) groups excluding carboxylic acids is 1. The van der Waals surface area contributed by atoms with E-state index in [-0.39, 0.29) is 18.7 Å². The van der Waals surface area contributed by atoms with Crippen LogP contribution in [0.5, 0.6) is 0 Å². The van der Waals surface area contributed by atoms with Gasteiger partial charge in [0.1, 0.15) is 0 Å². The van der Waals surface area contributed by atoms with Crippen LogP contribution in [0, 0.1) is 6.92 Å². The van der Waals surface area contributed by atoms with E-state index >= 15 is 0 Å². The molecule has 5 nitrogen and oxygen atoms in total. The van der Waals surface area contributed by atoms with E-state index in [1.807, 2.05) is 31.2 Å². The molecule has 0 saturated heterocycles. The predicted molar refractivity (Wildman–Crippen MR) is 79.1 cm³/mol. The number of carboxylic acids is 1. The molecule has 1 aromatic heterocycles. The van der Waals surface area contributed by atoms with Crippen molar-refractivity contribution in [1.29, 1.82) is 0 Å². The number of nitrogens with zero attached hydrogens (tertiary/aromatic N) is 1. The quantitative estimate of drug-likeness (QED) is 0.882. The zero-order valence-corrected chi connectivity index (χ0v) is 11.7.